The van der Waals surface area contributed by atoms with Gasteiger partial charge < -0.3 is 9.88 Å². The number of pyridine rings is 1. The van der Waals surface area contributed by atoms with Crippen molar-refractivity contribution < 1.29 is 0 Å². The lowest BCUT2D eigenvalue weighted by Gasteiger charge is -2.22. The maximum atomic E-state index is 9.75. The van der Waals surface area contributed by atoms with E-state index in [2.05, 4.69) is 57.3 Å². The van der Waals surface area contributed by atoms with Crippen LogP contribution in [0.2, 0.25) is 0 Å². The number of thiophene rings is 1. The van der Waals surface area contributed by atoms with Crippen LogP contribution in [-0.2, 0) is 0 Å². The molecule has 0 saturated heterocycles. The minimum Gasteiger partial charge on any atom is -0.361 e. The van der Waals surface area contributed by atoms with Crippen LogP contribution in [0.5, 0.6) is 0 Å². The van der Waals surface area contributed by atoms with Gasteiger partial charge in [0.2, 0.25) is 0 Å². The number of rotatable bonds is 3. The molecule has 1 N–H and O–H groups in total. The number of aromatic nitrogens is 2. The highest BCUT2D eigenvalue weighted by molar-refractivity contribution is 7.21. The molecule has 5 heteroatoms. The van der Waals surface area contributed by atoms with Crippen molar-refractivity contribution in [1.82, 2.24) is 9.97 Å². The van der Waals surface area contributed by atoms with Gasteiger partial charge in [0, 0.05) is 40.6 Å². The largest absolute Gasteiger partial charge is 0.361 e. The zero-order valence-corrected chi connectivity index (χ0v) is 16.0. The van der Waals surface area contributed by atoms with Gasteiger partial charge in [-0.2, -0.15) is 5.26 Å². The Hall–Kier alpha value is -3.62. The van der Waals surface area contributed by atoms with Crippen LogP contribution < -0.4 is 4.90 Å². The molecule has 3 heterocycles. The number of nitrogens with one attached hydrogen (secondary N) is 1. The quantitative estimate of drug-likeness (QED) is 0.412. The lowest BCUT2D eigenvalue weighted by Crippen LogP contribution is -2.12. The Morgan fingerprint density at radius 3 is 2.71 bits per heavy atom. The molecule has 0 saturated carbocycles. The van der Waals surface area contributed by atoms with Gasteiger partial charge in [-0.3, -0.25) is 0 Å². The molecular weight excluding hydrogens is 364 g/mol. The van der Waals surface area contributed by atoms with Crippen molar-refractivity contribution in [2.24, 2.45) is 0 Å². The molecule has 28 heavy (non-hydrogen) atoms. The average Bonchev–Trinajstić information content (AvgIpc) is 3.39. The van der Waals surface area contributed by atoms with Gasteiger partial charge in [-0.1, -0.05) is 36.4 Å². The summed E-state index contributed by atoms with van der Waals surface area (Å²) in [4.78, 5) is 12.0. The lowest BCUT2D eigenvalue weighted by molar-refractivity contribution is 1.21. The molecule has 0 atom stereocenters. The number of hydrogen-bond acceptors (Lipinski definition) is 4. The summed E-state index contributed by atoms with van der Waals surface area (Å²) in [5, 5.41) is 11.9. The molecule has 3 aromatic heterocycles. The summed E-state index contributed by atoms with van der Waals surface area (Å²) in [7, 11) is 2.01. The molecule has 0 aliphatic carbocycles. The van der Waals surface area contributed by atoms with E-state index < -0.39 is 0 Å². The summed E-state index contributed by atoms with van der Waals surface area (Å²) >= 11 is 1.65. The van der Waals surface area contributed by atoms with Crippen molar-refractivity contribution >= 4 is 43.8 Å². The first kappa shape index (κ1) is 16.5. The summed E-state index contributed by atoms with van der Waals surface area (Å²) in [6, 6.07) is 23.0. The second-order valence-electron chi connectivity index (χ2n) is 6.60. The third kappa shape index (κ3) is 2.55. The van der Waals surface area contributed by atoms with E-state index in [1.165, 1.54) is 0 Å². The van der Waals surface area contributed by atoms with Crippen molar-refractivity contribution in [3.8, 4) is 16.5 Å². The summed E-state index contributed by atoms with van der Waals surface area (Å²) in [5.74, 6) is 0. The molecule has 0 spiro atoms. The highest BCUT2D eigenvalue weighted by Gasteiger charge is 2.19. The fourth-order valence-electron chi connectivity index (χ4n) is 3.65. The number of nitriles is 1. The zero-order valence-electron chi connectivity index (χ0n) is 15.2. The number of nitrogens with zero attached hydrogens (tertiary/aromatic N) is 3. The van der Waals surface area contributed by atoms with Gasteiger partial charge in [0.1, 0.15) is 10.9 Å². The highest BCUT2D eigenvalue weighted by Crippen LogP contribution is 2.41. The molecule has 0 fully saturated rings. The Bertz CT molecular complexity index is 1340. The Morgan fingerprint density at radius 1 is 1.04 bits per heavy atom. The van der Waals surface area contributed by atoms with Crippen LogP contribution in [0.4, 0.5) is 11.4 Å². The monoisotopic (exact) mass is 380 g/mol. The molecule has 4 nitrogen and oxygen atoms in total. The van der Waals surface area contributed by atoms with Crippen molar-refractivity contribution in [3.05, 3.63) is 78.6 Å². The molecule has 0 unspecified atom stereocenters. The van der Waals surface area contributed by atoms with Crippen molar-refractivity contribution in [1.29, 1.82) is 5.26 Å². The third-order valence-electron chi connectivity index (χ3n) is 4.98. The Balaban J connectivity index is 1.74. The summed E-state index contributed by atoms with van der Waals surface area (Å²) in [6.07, 6.45) is 3.62. The minimum absolute atomic E-state index is 0.569. The number of benzene rings is 2. The van der Waals surface area contributed by atoms with Gasteiger partial charge in [-0.25, -0.2) is 4.98 Å². The highest BCUT2D eigenvalue weighted by atomic mass is 32.1. The predicted molar refractivity (Wildman–Crippen MR) is 116 cm³/mol. The Morgan fingerprint density at radius 2 is 1.89 bits per heavy atom. The SMILES string of the molecule is CN(c1cccc2[nH]ccc12)c1c(C#N)cnc2sc(-c3ccccc3)cc12. The maximum Gasteiger partial charge on any atom is 0.126 e. The van der Waals surface area contributed by atoms with E-state index >= 15 is 0 Å². The van der Waals surface area contributed by atoms with Crippen LogP contribution in [0.25, 0.3) is 31.6 Å². The second kappa shape index (κ2) is 6.52. The Labute approximate surface area is 166 Å². The first-order valence-corrected chi connectivity index (χ1v) is 9.76. The van der Waals surface area contributed by atoms with Crippen molar-refractivity contribution in [2.75, 3.05) is 11.9 Å². The molecule has 5 rings (SSSR count). The van der Waals surface area contributed by atoms with E-state index in [1.54, 1.807) is 17.5 Å². The zero-order chi connectivity index (χ0) is 19.1. The lowest BCUT2D eigenvalue weighted by atomic mass is 10.1. The molecule has 2 aromatic carbocycles. The molecule has 0 amide bonds. The summed E-state index contributed by atoms with van der Waals surface area (Å²) in [6.45, 7) is 0. The Kier molecular flexibility index (Phi) is 3.85. The van der Waals surface area contributed by atoms with E-state index in [4.69, 9.17) is 0 Å². The van der Waals surface area contributed by atoms with Gasteiger partial charge in [-0.05, 0) is 29.8 Å². The predicted octanol–water partition coefficient (Wildman–Crippen LogP) is 6.08. The van der Waals surface area contributed by atoms with E-state index in [-0.39, 0.29) is 0 Å². The summed E-state index contributed by atoms with van der Waals surface area (Å²) in [5.41, 5.74) is 4.74. The fraction of sp³-hybridized carbons (Fsp3) is 0.0435. The van der Waals surface area contributed by atoms with E-state index in [0.717, 1.165) is 42.9 Å². The van der Waals surface area contributed by atoms with Gasteiger partial charge in [0.05, 0.1) is 16.9 Å². The second-order valence-corrected chi connectivity index (χ2v) is 7.63. The van der Waals surface area contributed by atoms with Crippen LogP contribution >= 0.6 is 11.3 Å². The normalized spacial score (nSPS) is 11.0. The first-order chi connectivity index (χ1) is 13.8. The van der Waals surface area contributed by atoms with Crippen LogP contribution in [0.3, 0.4) is 0 Å². The van der Waals surface area contributed by atoms with Crippen LogP contribution in [0.15, 0.2) is 73.1 Å². The van der Waals surface area contributed by atoms with Gasteiger partial charge in [-0.15, -0.1) is 11.3 Å². The van der Waals surface area contributed by atoms with Gasteiger partial charge in [0.25, 0.3) is 0 Å². The molecule has 5 aromatic rings. The van der Waals surface area contributed by atoms with Crippen LogP contribution in [0.1, 0.15) is 5.56 Å². The molecule has 0 bridgehead atoms. The summed E-state index contributed by atoms with van der Waals surface area (Å²) < 4.78 is 0. The standard InChI is InChI=1S/C23H16N4S/c1-27(20-9-5-8-19-17(20)10-11-25-19)22-16(13-24)14-26-23-18(22)12-21(28-23)15-6-3-2-4-7-15/h2-12,14,25H,1H3. The van der Waals surface area contributed by atoms with E-state index in [1.807, 2.05) is 37.5 Å². The van der Waals surface area contributed by atoms with Crippen molar-refractivity contribution in [3.63, 3.8) is 0 Å². The smallest absolute Gasteiger partial charge is 0.126 e. The van der Waals surface area contributed by atoms with Crippen LogP contribution in [-0.4, -0.2) is 17.0 Å². The number of hydrogen-bond donors (Lipinski definition) is 1. The average molecular weight is 380 g/mol. The van der Waals surface area contributed by atoms with Crippen LogP contribution in [0, 0.1) is 11.3 Å². The third-order valence-corrected chi connectivity index (χ3v) is 6.07. The molecule has 0 aliphatic heterocycles. The molecular formula is C23H16N4S. The van der Waals surface area contributed by atoms with Crippen molar-refractivity contribution in [2.45, 2.75) is 0 Å². The maximum absolute atomic E-state index is 9.75. The number of anilines is 2. The minimum atomic E-state index is 0.569. The number of aromatic amines is 1. The topological polar surface area (TPSA) is 55.7 Å². The number of H-pyrrole nitrogens is 1. The van der Waals surface area contributed by atoms with Gasteiger partial charge >= 0.3 is 0 Å². The van der Waals surface area contributed by atoms with Gasteiger partial charge in [0.15, 0.2) is 0 Å². The number of fused-ring (bicyclic) bond motifs is 2. The fourth-order valence-corrected chi connectivity index (χ4v) is 4.66. The molecule has 0 radical (unpaired) electrons. The van der Waals surface area contributed by atoms with E-state index in [0.29, 0.717) is 5.56 Å². The first-order valence-electron chi connectivity index (χ1n) is 8.94. The molecule has 0 aliphatic rings. The van der Waals surface area contributed by atoms with E-state index in [9.17, 15) is 5.26 Å². The molecule has 134 valence electrons.